The molecule has 2 rings (SSSR count). The number of anilines is 2. The summed E-state index contributed by atoms with van der Waals surface area (Å²) in [5, 5.41) is 9.01. The summed E-state index contributed by atoms with van der Waals surface area (Å²) in [6.45, 7) is 4.09. The quantitative estimate of drug-likeness (QED) is 0.729. The minimum atomic E-state index is -0.266. The summed E-state index contributed by atoms with van der Waals surface area (Å²) in [5.74, 6) is 0.205. The molecule has 0 saturated carbocycles. The Kier molecular flexibility index (Phi) is 6.26. The fourth-order valence-electron chi connectivity index (χ4n) is 2.47. The highest BCUT2D eigenvalue weighted by molar-refractivity contribution is 5.94. The number of benzene rings is 1. The first-order valence-electron chi connectivity index (χ1n) is 7.96. The molecule has 1 heterocycles. The predicted octanol–water partition coefficient (Wildman–Crippen LogP) is 3.25. The van der Waals surface area contributed by atoms with Crippen molar-refractivity contribution in [1.29, 1.82) is 0 Å². The molecule has 0 bridgehead atoms. The number of aryl methyl sites for hydroxylation is 1. The van der Waals surface area contributed by atoms with Gasteiger partial charge in [0.2, 0.25) is 5.91 Å². The van der Waals surface area contributed by atoms with Crippen LogP contribution >= 0.6 is 0 Å². The Morgan fingerprint density at radius 3 is 2.62 bits per heavy atom. The lowest BCUT2D eigenvalue weighted by atomic mass is 10.0. The summed E-state index contributed by atoms with van der Waals surface area (Å²) in [5.41, 5.74) is 2.58. The molecule has 0 aliphatic heterocycles. The van der Waals surface area contributed by atoms with Crippen molar-refractivity contribution in [2.75, 3.05) is 24.2 Å². The standard InChI is InChI=1S/C18H23FN4O/c1-4-15(13-5-7-14(19)8-6-13)21-11-17(24)23-16-9-12(2)10-22-18(16)20-3/h5-10,15,21H,4,11H2,1-3H3,(H,20,22)(H,23,24). The van der Waals surface area contributed by atoms with Crippen LogP contribution in [0.5, 0.6) is 0 Å². The van der Waals surface area contributed by atoms with E-state index in [2.05, 4.69) is 20.9 Å². The van der Waals surface area contributed by atoms with Gasteiger partial charge in [0.05, 0.1) is 12.2 Å². The maximum atomic E-state index is 13.0. The van der Waals surface area contributed by atoms with Crippen molar-refractivity contribution in [3.05, 3.63) is 53.5 Å². The minimum Gasteiger partial charge on any atom is -0.371 e. The van der Waals surface area contributed by atoms with Gasteiger partial charge in [0, 0.05) is 19.3 Å². The summed E-state index contributed by atoms with van der Waals surface area (Å²) in [7, 11) is 1.76. The van der Waals surface area contributed by atoms with E-state index in [0.29, 0.717) is 11.5 Å². The van der Waals surface area contributed by atoms with Crippen molar-refractivity contribution in [2.45, 2.75) is 26.3 Å². The third-order valence-corrected chi connectivity index (χ3v) is 3.72. The SMILES string of the molecule is CCC(NCC(=O)Nc1cc(C)cnc1NC)c1ccc(F)cc1. The van der Waals surface area contributed by atoms with E-state index < -0.39 is 0 Å². The monoisotopic (exact) mass is 330 g/mol. The number of carbonyl (C=O) groups excluding carboxylic acids is 1. The van der Waals surface area contributed by atoms with Gasteiger partial charge in [0.1, 0.15) is 11.6 Å². The van der Waals surface area contributed by atoms with Gasteiger partial charge in [-0.3, -0.25) is 4.79 Å². The predicted molar refractivity (Wildman–Crippen MR) is 94.6 cm³/mol. The fraction of sp³-hybridized carbons (Fsp3) is 0.333. The summed E-state index contributed by atoms with van der Waals surface area (Å²) < 4.78 is 13.0. The van der Waals surface area contributed by atoms with Gasteiger partial charge >= 0.3 is 0 Å². The zero-order chi connectivity index (χ0) is 17.5. The molecule has 1 atom stereocenters. The van der Waals surface area contributed by atoms with Crippen molar-refractivity contribution in [2.24, 2.45) is 0 Å². The van der Waals surface area contributed by atoms with Crippen LogP contribution in [0.1, 0.15) is 30.5 Å². The van der Waals surface area contributed by atoms with Gasteiger partial charge in [0.15, 0.2) is 0 Å². The van der Waals surface area contributed by atoms with Crippen molar-refractivity contribution in [1.82, 2.24) is 10.3 Å². The van der Waals surface area contributed by atoms with Crippen molar-refractivity contribution >= 4 is 17.4 Å². The second-order valence-corrected chi connectivity index (χ2v) is 5.60. The molecular weight excluding hydrogens is 307 g/mol. The Balaban J connectivity index is 1.97. The van der Waals surface area contributed by atoms with Crippen LogP contribution in [0.3, 0.4) is 0 Å². The molecule has 6 heteroatoms. The van der Waals surface area contributed by atoms with Crippen molar-refractivity contribution < 1.29 is 9.18 Å². The molecule has 0 aliphatic carbocycles. The molecule has 1 aromatic carbocycles. The highest BCUT2D eigenvalue weighted by atomic mass is 19.1. The van der Waals surface area contributed by atoms with E-state index in [1.54, 1.807) is 25.4 Å². The maximum Gasteiger partial charge on any atom is 0.238 e. The van der Waals surface area contributed by atoms with E-state index in [0.717, 1.165) is 17.5 Å². The van der Waals surface area contributed by atoms with Crippen LogP contribution in [0.15, 0.2) is 36.5 Å². The van der Waals surface area contributed by atoms with Crippen LogP contribution in [0, 0.1) is 12.7 Å². The van der Waals surface area contributed by atoms with Crippen molar-refractivity contribution in [3.8, 4) is 0 Å². The zero-order valence-electron chi connectivity index (χ0n) is 14.2. The average molecular weight is 330 g/mol. The van der Waals surface area contributed by atoms with Gasteiger partial charge < -0.3 is 16.0 Å². The van der Waals surface area contributed by atoms with Crippen LogP contribution in [-0.2, 0) is 4.79 Å². The summed E-state index contributed by atoms with van der Waals surface area (Å²) in [4.78, 5) is 16.4. The fourth-order valence-corrected chi connectivity index (χ4v) is 2.47. The minimum absolute atomic E-state index is 0.00393. The lowest BCUT2D eigenvalue weighted by Crippen LogP contribution is -2.31. The summed E-state index contributed by atoms with van der Waals surface area (Å²) in [6.07, 6.45) is 2.54. The molecule has 0 fully saturated rings. The Hall–Kier alpha value is -2.47. The third kappa shape index (κ3) is 4.76. The highest BCUT2D eigenvalue weighted by Crippen LogP contribution is 2.20. The summed E-state index contributed by atoms with van der Waals surface area (Å²) in [6, 6.07) is 8.19. The summed E-state index contributed by atoms with van der Waals surface area (Å²) >= 11 is 0. The van der Waals surface area contributed by atoms with Crippen molar-refractivity contribution in [3.63, 3.8) is 0 Å². The number of halogens is 1. The van der Waals surface area contributed by atoms with Crippen LogP contribution in [0.25, 0.3) is 0 Å². The van der Waals surface area contributed by atoms with E-state index in [1.165, 1.54) is 12.1 Å². The molecule has 0 aliphatic rings. The number of rotatable bonds is 7. The number of hydrogen-bond acceptors (Lipinski definition) is 4. The number of nitrogens with zero attached hydrogens (tertiary/aromatic N) is 1. The molecular formula is C18H23FN4O. The van der Waals surface area contributed by atoms with Crippen LogP contribution in [0.4, 0.5) is 15.9 Å². The first-order valence-corrected chi connectivity index (χ1v) is 7.96. The second-order valence-electron chi connectivity index (χ2n) is 5.60. The normalized spacial score (nSPS) is 11.8. The Morgan fingerprint density at radius 2 is 2.00 bits per heavy atom. The van der Waals surface area contributed by atoms with E-state index in [4.69, 9.17) is 0 Å². The maximum absolute atomic E-state index is 13.0. The number of amides is 1. The van der Waals surface area contributed by atoms with Gasteiger partial charge in [-0.2, -0.15) is 0 Å². The third-order valence-electron chi connectivity index (χ3n) is 3.72. The van der Waals surface area contributed by atoms with Gasteiger partial charge in [-0.1, -0.05) is 19.1 Å². The lowest BCUT2D eigenvalue weighted by Gasteiger charge is -2.18. The van der Waals surface area contributed by atoms with Gasteiger partial charge in [0.25, 0.3) is 0 Å². The molecule has 0 spiro atoms. The van der Waals surface area contributed by atoms with Gasteiger partial charge in [-0.15, -0.1) is 0 Å². The number of carbonyl (C=O) groups is 1. The average Bonchev–Trinajstić information content (AvgIpc) is 2.57. The molecule has 24 heavy (non-hydrogen) atoms. The number of hydrogen-bond donors (Lipinski definition) is 3. The Bertz CT molecular complexity index is 688. The number of pyridine rings is 1. The molecule has 2 aromatic rings. The molecule has 0 saturated heterocycles. The molecule has 1 aromatic heterocycles. The molecule has 5 nitrogen and oxygen atoms in total. The molecule has 3 N–H and O–H groups in total. The van der Waals surface area contributed by atoms with Crippen LogP contribution in [0.2, 0.25) is 0 Å². The van der Waals surface area contributed by atoms with Gasteiger partial charge in [-0.05, 0) is 42.7 Å². The first-order chi connectivity index (χ1) is 11.5. The van der Waals surface area contributed by atoms with E-state index in [-0.39, 0.29) is 24.3 Å². The van der Waals surface area contributed by atoms with Crippen LogP contribution in [-0.4, -0.2) is 24.5 Å². The Labute approximate surface area is 141 Å². The smallest absolute Gasteiger partial charge is 0.238 e. The first kappa shape index (κ1) is 17.9. The molecule has 1 unspecified atom stereocenters. The van der Waals surface area contributed by atoms with Gasteiger partial charge in [-0.25, -0.2) is 9.37 Å². The number of aromatic nitrogens is 1. The van der Waals surface area contributed by atoms with E-state index >= 15 is 0 Å². The largest absolute Gasteiger partial charge is 0.371 e. The molecule has 128 valence electrons. The van der Waals surface area contributed by atoms with Crippen LogP contribution < -0.4 is 16.0 Å². The molecule has 1 amide bonds. The lowest BCUT2D eigenvalue weighted by molar-refractivity contribution is -0.115. The van der Waals surface area contributed by atoms with E-state index in [9.17, 15) is 9.18 Å². The topological polar surface area (TPSA) is 66.0 Å². The number of nitrogens with one attached hydrogen (secondary N) is 3. The molecule has 0 radical (unpaired) electrons. The second kappa shape index (κ2) is 8.40. The van der Waals surface area contributed by atoms with E-state index in [1.807, 2.05) is 19.9 Å². The Morgan fingerprint density at radius 1 is 1.29 bits per heavy atom. The zero-order valence-corrected chi connectivity index (χ0v) is 14.2. The highest BCUT2D eigenvalue weighted by Gasteiger charge is 2.12.